The van der Waals surface area contributed by atoms with Gasteiger partial charge in [0.05, 0.1) is 0 Å². The molecular formula is C15H15F3OS. The van der Waals surface area contributed by atoms with Gasteiger partial charge in [-0.15, -0.1) is 0 Å². The van der Waals surface area contributed by atoms with E-state index in [1.54, 1.807) is 0 Å². The van der Waals surface area contributed by atoms with Crippen LogP contribution in [0.4, 0.5) is 13.2 Å². The van der Waals surface area contributed by atoms with Crippen LogP contribution in [0.2, 0.25) is 0 Å². The summed E-state index contributed by atoms with van der Waals surface area (Å²) in [6, 6.07) is 1.84. The van der Waals surface area contributed by atoms with Crippen LogP contribution in [-0.4, -0.2) is 16.3 Å². The van der Waals surface area contributed by atoms with Crippen LogP contribution < -0.4 is 0 Å². The zero-order valence-electron chi connectivity index (χ0n) is 10.9. The third-order valence-electron chi connectivity index (χ3n) is 4.17. The largest absolute Gasteiger partial charge is 0.299 e. The van der Waals surface area contributed by atoms with E-state index in [2.05, 4.69) is 0 Å². The Bertz CT molecular complexity index is 511. The van der Waals surface area contributed by atoms with Crippen LogP contribution in [0.5, 0.6) is 0 Å². The summed E-state index contributed by atoms with van der Waals surface area (Å²) in [6.07, 6.45) is 4.05. The van der Waals surface area contributed by atoms with Crippen molar-refractivity contribution < 1.29 is 18.0 Å². The van der Waals surface area contributed by atoms with Gasteiger partial charge in [-0.1, -0.05) is 0 Å². The molecule has 108 valence electrons. The van der Waals surface area contributed by atoms with Crippen LogP contribution in [0.25, 0.3) is 0 Å². The molecule has 1 aromatic rings. The topological polar surface area (TPSA) is 17.1 Å². The fourth-order valence-electron chi connectivity index (χ4n) is 3.18. The Labute approximate surface area is 119 Å². The van der Waals surface area contributed by atoms with E-state index in [9.17, 15) is 18.0 Å². The molecule has 2 bridgehead atoms. The smallest absolute Gasteiger partial charge is 0.194 e. The molecule has 0 radical (unpaired) electrons. The van der Waals surface area contributed by atoms with Gasteiger partial charge in [0.25, 0.3) is 0 Å². The second-order valence-electron chi connectivity index (χ2n) is 5.64. The molecule has 2 heterocycles. The number of Topliss-reactive ketones (excluding diaryl/α,β-unsaturated/α-hetero) is 1. The normalized spacial score (nSPS) is 28.6. The lowest BCUT2D eigenvalue weighted by Gasteiger charge is -2.26. The average molecular weight is 300 g/mol. The number of carbonyl (C=O) groups is 1. The van der Waals surface area contributed by atoms with Crippen molar-refractivity contribution in [2.24, 2.45) is 5.92 Å². The van der Waals surface area contributed by atoms with Crippen molar-refractivity contribution >= 4 is 17.5 Å². The van der Waals surface area contributed by atoms with Crippen LogP contribution in [0.3, 0.4) is 0 Å². The van der Waals surface area contributed by atoms with Crippen molar-refractivity contribution in [2.45, 2.75) is 42.6 Å². The molecule has 20 heavy (non-hydrogen) atoms. The maximum atomic E-state index is 13.1. The molecule has 2 unspecified atom stereocenters. The average Bonchev–Trinajstić information content (AvgIpc) is 2.74. The molecule has 2 aliphatic heterocycles. The first kappa shape index (κ1) is 14.0. The lowest BCUT2D eigenvalue weighted by molar-refractivity contribution is -0.122. The third kappa shape index (κ3) is 2.73. The molecule has 0 N–H and O–H groups in total. The molecule has 1 aromatic carbocycles. The predicted octanol–water partition coefficient (Wildman–Crippen LogP) is 3.89. The molecule has 0 spiro atoms. The van der Waals surface area contributed by atoms with Crippen molar-refractivity contribution in [3.8, 4) is 0 Å². The van der Waals surface area contributed by atoms with Gasteiger partial charge in [-0.3, -0.25) is 4.79 Å². The molecule has 2 saturated heterocycles. The molecule has 5 heteroatoms. The molecule has 2 fully saturated rings. The van der Waals surface area contributed by atoms with Crippen LogP contribution in [0.1, 0.15) is 31.2 Å². The number of rotatable bonds is 3. The highest BCUT2D eigenvalue weighted by Gasteiger charge is 2.37. The Morgan fingerprint density at radius 3 is 2.20 bits per heavy atom. The minimum atomic E-state index is -1.48. The third-order valence-corrected chi connectivity index (χ3v) is 5.79. The highest BCUT2D eigenvalue weighted by molar-refractivity contribution is 8.00. The summed E-state index contributed by atoms with van der Waals surface area (Å²) < 4.78 is 39.2. The van der Waals surface area contributed by atoms with Crippen molar-refractivity contribution in [3.05, 3.63) is 35.1 Å². The summed E-state index contributed by atoms with van der Waals surface area (Å²) in [5.41, 5.74) is 0.219. The number of hydrogen-bond acceptors (Lipinski definition) is 2. The maximum Gasteiger partial charge on any atom is 0.194 e. The Morgan fingerprint density at radius 2 is 1.65 bits per heavy atom. The summed E-state index contributed by atoms with van der Waals surface area (Å²) in [4.78, 5) is 12.2. The lowest BCUT2D eigenvalue weighted by Crippen LogP contribution is -2.26. The van der Waals surface area contributed by atoms with E-state index >= 15 is 0 Å². The monoisotopic (exact) mass is 300 g/mol. The summed E-state index contributed by atoms with van der Waals surface area (Å²) >= 11 is 1.96. The highest BCUT2D eigenvalue weighted by Crippen LogP contribution is 2.46. The fraction of sp³-hybridized carbons (Fsp3) is 0.533. The summed E-state index contributed by atoms with van der Waals surface area (Å²) in [5, 5.41) is 1.12. The SMILES string of the molecule is O=C(Cc1cc(F)c(F)c(F)c1)C1CC2CCC(C1)S2. The standard InChI is InChI=1S/C15H15F3OS/c16-12-3-8(4-13(17)15(12)18)5-14(19)9-6-10-1-2-11(7-9)20-10/h3-4,9-11H,1-2,5-7H2. The van der Waals surface area contributed by atoms with E-state index < -0.39 is 17.5 Å². The minimum Gasteiger partial charge on any atom is -0.299 e. The fourth-order valence-corrected chi connectivity index (χ4v) is 4.95. The molecular weight excluding hydrogens is 285 g/mol. The number of hydrogen-bond donors (Lipinski definition) is 0. The van der Waals surface area contributed by atoms with E-state index in [4.69, 9.17) is 0 Å². The van der Waals surface area contributed by atoms with Crippen LogP contribution in [-0.2, 0) is 11.2 Å². The minimum absolute atomic E-state index is 0.00933. The van der Waals surface area contributed by atoms with Gasteiger partial charge < -0.3 is 0 Å². The second kappa shape index (κ2) is 5.43. The van der Waals surface area contributed by atoms with Crippen molar-refractivity contribution in [1.29, 1.82) is 0 Å². The van der Waals surface area contributed by atoms with Crippen molar-refractivity contribution in [1.82, 2.24) is 0 Å². The summed E-state index contributed by atoms with van der Waals surface area (Å²) in [6.45, 7) is 0. The Hall–Kier alpha value is -0.970. The second-order valence-corrected chi connectivity index (χ2v) is 7.25. The van der Waals surface area contributed by atoms with Gasteiger partial charge in [0.2, 0.25) is 0 Å². The zero-order valence-corrected chi connectivity index (χ0v) is 11.7. The van der Waals surface area contributed by atoms with Gasteiger partial charge >= 0.3 is 0 Å². The van der Waals surface area contributed by atoms with Gasteiger partial charge in [-0.25, -0.2) is 13.2 Å². The predicted molar refractivity (Wildman–Crippen MR) is 72.2 cm³/mol. The number of carbonyl (C=O) groups excluding carboxylic acids is 1. The number of thioether (sulfide) groups is 1. The Morgan fingerprint density at radius 1 is 1.10 bits per heavy atom. The zero-order chi connectivity index (χ0) is 14.3. The summed E-state index contributed by atoms with van der Waals surface area (Å²) in [7, 11) is 0. The van der Waals surface area contributed by atoms with Gasteiger partial charge in [-0.2, -0.15) is 11.8 Å². The molecule has 2 atom stereocenters. The van der Waals surface area contributed by atoms with Gasteiger partial charge in [0, 0.05) is 22.8 Å². The quantitative estimate of drug-likeness (QED) is 0.788. The molecule has 0 amide bonds. The maximum absolute atomic E-state index is 13.1. The Kier molecular flexibility index (Phi) is 3.80. The lowest BCUT2D eigenvalue weighted by atomic mass is 9.91. The molecule has 3 rings (SSSR count). The van der Waals surface area contributed by atoms with Gasteiger partial charge in [0.1, 0.15) is 5.78 Å². The first-order valence-corrected chi connectivity index (χ1v) is 7.79. The number of fused-ring (bicyclic) bond motifs is 2. The first-order valence-electron chi connectivity index (χ1n) is 6.84. The molecule has 0 aromatic heterocycles. The number of halogens is 3. The van der Waals surface area contributed by atoms with E-state index in [-0.39, 0.29) is 23.7 Å². The molecule has 0 aliphatic carbocycles. The van der Waals surface area contributed by atoms with Gasteiger partial charge in [0.15, 0.2) is 17.5 Å². The van der Waals surface area contributed by atoms with E-state index in [0.717, 1.165) is 25.0 Å². The van der Waals surface area contributed by atoms with Crippen LogP contribution in [0.15, 0.2) is 12.1 Å². The summed E-state index contributed by atoms with van der Waals surface area (Å²) in [5.74, 6) is -3.93. The number of ketones is 1. The van der Waals surface area contributed by atoms with E-state index in [1.165, 1.54) is 12.8 Å². The van der Waals surface area contributed by atoms with Crippen molar-refractivity contribution in [3.63, 3.8) is 0 Å². The van der Waals surface area contributed by atoms with Crippen LogP contribution >= 0.6 is 11.8 Å². The van der Waals surface area contributed by atoms with Crippen molar-refractivity contribution in [2.75, 3.05) is 0 Å². The van der Waals surface area contributed by atoms with Gasteiger partial charge in [-0.05, 0) is 43.4 Å². The number of benzene rings is 1. The first-order chi connectivity index (χ1) is 9.52. The molecule has 0 saturated carbocycles. The van der Waals surface area contributed by atoms with Crippen LogP contribution in [0, 0.1) is 23.4 Å². The van der Waals surface area contributed by atoms with E-state index in [1.807, 2.05) is 11.8 Å². The molecule has 1 nitrogen and oxygen atoms in total. The molecule has 2 aliphatic rings. The Balaban J connectivity index is 1.70. The highest BCUT2D eigenvalue weighted by atomic mass is 32.2. The van der Waals surface area contributed by atoms with E-state index in [0.29, 0.717) is 10.5 Å².